The van der Waals surface area contributed by atoms with Crippen LogP contribution in [-0.4, -0.2) is 19.1 Å². The van der Waals surface area contributed by atoms with Crippen LogP contribution in [0.1, 0.15) is 57.6 Å². The minimum absolute atomic E-state index is 0. The van der Waals surface area contributed by atoms with Crippen LogP contribution < -0.4 is 15.8 Å². The zero-order chi connectivity index (χ0) is 18.0. The van der Waals surface area contributed by atoms with Gasteiger partial charge in [-0.1, -0.05) is 32.4 Å². The first-order valence-electron chi connectivity index (χ1n) is 9.69. The van der Waals surface area contributed by atoms with E-state index in [2.05, 4.69) is 31.3 Å². The number of halogens is 1. The fraction of sp³-hybridized carbons (Fsp3) is 0.667. The van der Waals surface area contributed by atoms with Gasteiger partial charge in [0.2, 0.25) is 5.91 Å². The largest absolute Gasteiger partial charge is 0.497 e. The van der Waals surface area contributed by atoms with Crippen LogP contribution in [-0.2, 0) is 4.79 Å². The molecule has 3 unspecified atom stereocenters. The van der Waals surface area contributed by atoms with Crippen LogP contribution in [0.25, 0.3) is 0 Å². The molecule has 3 atom stereocenters. The zero-order valence-corrected chi connectivity index (χ0v) is 16.9. The number of fused-ring (bicyclic) bond motifs is 2. The van der Waals surface area contributed by atoms with E-state index in [9.17, 15) is 4.79 Å². The summed E-state index contributed by atoms with van der Waals surface area (Å²) < 4.78 is 5.24. The van der Waals surface area contributed by atoms with Gasteiger partial charge in [0.25, 0.3) is 0 Å². The molecule has 1 amide bonds. The van der Waals surface area contributed by atoms with Crippen LogP contribution in [0.4, 0.5) is 0 Å². The minimum Gasteiger partial charge on any atom is -0.497 e. The second-order valence-corrected chi connectivity index (χ2v) is 8.20. The Labute approximate surface area is 163 Å². The molecular weight excluding hydrogens is 348 g/mol. The molecule has 2 saturated carbocycles. The maximum absolute atomic E-state index is 13.0. The van der Waals surface area contributed by atoms with E-state index >= 15 is 0 Å². The van der Waals surface area contributed by atoms with Gasteiger partial charge in [0, 0.05) is 12.0 Å². The van der Waals surface area contributed by atoms with Crippen molar-refractivity contribution in [3.05, 3.63) is 29.8 Å². The number of ether oxygens (including phenoxy) is 1. The molecule has 4 nitrogen and oxygen atoms in total. The lowest BCUT2D eigenvalue weighted by molar-refractivity contribution is -0.129. The third kappa shape index (κ3) is 4.52. The summed E-state index contributed by atoms with van der Waals surface area (Å²) in [4.78, 5) is 13.0. The molecule has 3 rings (SSSR count). The highest BCUT2D eigenvalue weighted by Crippen LogP contribution is 2.42. The molecule has 2 aliphatic rings. The molecule has 26 heavy (non-hydrogen) atoms. The maximum Gasteiger partial charge on any atom is 0.223 e. The summed E-state index contributed by atoms with van der Waals surface area (Å²) in [6, 6.07) is 8.36. The topological polar surface area (TPSA) is 64.3 Å². The van der Waals surface area contributed by atoms with Gasteiger partial charge >= 0.3 is 0 Å². The van der Waals surface area contributed by atoms with Gasteiger partial charge < -0.3 is 15.8 Å². The number of rotatable bonds is 5. The van der Waals surface area contributed by atoms with Crippen LogP contribution >= 0.6 is 12.4 Å². The Bertz CT molecular complexity index is 576. The van der Waals surface area contributed by atoms with E-state index in [1.807, 2.05) is 12.1 Å². The number of nitrogens with one attached hydrogen (secondary N) is 1. The maximum atomic E-state index is 13.0. The number of amides is 1. The average Bonchev–Trinajstić information content (AvgIpc) is 2.59. The van der Waals surface area contributed by atoms with E-state index < -0.39 is 0 Å². The fourth-order valence-electron chi connectivity index (χ4n) is 4.72. The van der Waals surface area contributed by atoms with Crippen molar-refractivity contribution in [2.24, 2.45) is 29.4 Å². The third-order valence-electron chi connectivity index (χ3n) is 6.22. The summed E-state index contributed by atoms with van der Waals surface area (Å²) in [7, 11) is 1.67. The summed E-state index contributed by atoms with van der Waals surface area (Å²) in [5.41, 5.74) is 7.51. The van der Waals surface area contributed by atoms with Crippen molar-refractivity contribution in [1.29, 1.82) is 0 Å². The number of benzene rings is 1. The van der Waals surface area contributed by atoms with Crippen molar-refractivity contribution in [2.75, 3.05) is 7.11 Å². The predicted octanol–water partition coefficient (Wildman–Crippen LogP) is 4.08. The van der Waals surface area contributed by atoms with Crippen molar-refractivity contribution in [1.82, 2.24) is 5.32 Å². The third-order valence-corrected chi connectivity index (χ3v) is 6.22. The molecule has 1 aromatic carbocycles. The summed E-state index contributed by atoms with van der Waals surface area (Å²) in [6.45, 7) is 4.31. The number of hydrogen-bond acceptors (Lipinski definition) is 3. The monoisotopic (exact) mass is 380 g/mol. The first-order valence-corrected chi connectivity index (χ1v) is 9.69. The van der Waals surface area contributed by atoms with E-state index in [1.54, 1.807) is 7.11 Å². The first kappa shape index (κ1) is 21.0. The lowest BCUT2D eigenvalue weighted by Gasteiger charge is -2.43. The molecule has 0 aliphatic heterocycles. The summed E-state index contributed by atoms with van der Waals surface area (Å²) in [5, 5.41) is 3.32. The van der Waals surface area contributed by atoms with Crippen molar-refractivity contribution >= 4 is 18.3 Å². The number of carbonyl (C=O) groups excluding carboxylic acids is 1. The molecule has 2 bridgehead atoms. The molecule has 146 valence electrons. The van der Waals surface area contributed by atoms with Crippen LogP contribution in [0.2, 0.25) is 0 Å². The van der Waals surface area contributed by atoms with Crippen LogP contribution in [0.5, 0.6) is 5.75 Å². The molecule has 0 heterocycles. The lowest BCUT2D eigenvalue weighted by Crippen LogP contribution is -2.49. The van der Waals surface area contributed by atoms with Crippen molar-refractivity contribution in [3.8, 4) is 5.75 Å². The Morgan fingerprint density at radius 3 is 2.23 bits per heavy atom. The lowest BCUT2D eigenvalue weighted by atomic mass is 9.65. The van der Waals surface area contributed by atoms with Crippen LogP contribution in [0, 0.1) is 23.7 Å². The molecule has 0 radical (unpaired) electrons. The van der Waals surface area contributed by atoms with Crippen LogP contribution in [0.15, 0.2) is 24.3 Å². The van der Waals surface area contributed by atoms with E-state index in [1.165, 1.54) is 19.3 Å². The highest BCUT2D eigenvalue weighted by atomic mass is 35.5. The van der Waals surface area contributed by atoms with Crippen molar-refractivity contribution < 1.29 is 9.53 Å². The van der Waals surface area contributed by atoms with Gasteiger partial charge in [-0.2, -0.15) is 0 Å². The van der Waals surface area contributed by atoms with E-state index in [-0.39, 0.29) is 30.3 Å². The predicted molar refractivity (Wildman–Crippen MR) is 107 cm³/mol. The SMILES string of the molecule is COc1ccc(C(NC(=O)C2CC3CCCC(C2)C3N)C(C)C)cc1.Cl. The second-order valence-electron chi connectivity index (χ2n) is 8.20. The number of nitrogens with two attached hydrogens (primary N) is 1. The first-order chi connectivity index (χ1) is 12.0. The van der Waals surface area contributed by atoms with Gasteiger partial charge in [0.15, 0.2) is 0 Å². The molecule has 3 N–H and O–H groups in total. The second kappa shape index (κ2) is 9.09. The quantitative estimate of drug-likeness (QED) is 0.808. The van der Waals surface area contributed by atoms with Crippen molar-refractivity contribution in [2.45, 2.75) is 58.0 Å². The summed E-state index contributed by atoms with van der Waals surface area (Å²) >= 11 is 0. The standard InChI is InChI=1S/C21H32N2O2.ClH/c1-13(2)20(14-7-9-18(25-3)10-8-14)23-21(24)17-11-15-5-4-6-16(12-17)19(15)22;/h7-10,13,15-17,19-20H,4-6,11-12,22H2,1-3H3,(H,23,24);1H. The molecule has 0 saturated heterocycles. The van der Waals surface area contributed by atoms with E-state index in [0.29, 0.717) is 23.8 Å². The van der Waals surface area contributed by atoms with Gasteiger partial charge in [0.05, 0.1) is 13.2 Å². The van der Waals surface area contributed by atoms with E-state index in [0.717, 1.165) is 24.2 Å². The number of carbonyl (C=O) groups is 1. The van der Waals surface area contributed by atoms with Crippen molar-refractivity contribution in [3.63, 3.8) is 0 Å². The average molecular weight is 381 g/mol. The van der Waals surface area contributed by atoms with Gasteiger partial charge in [-0.05, 0) is 61.1 Å². The van der Waals surface area contributed by atoms with Gasteiger partial charge in [-0.3, -0.25) is 4.79 Å². The molecule has 0 aromatic heterocycles. The highest BCUT2D eigenvalue weighted by molar-refractivity contribution is 5.85. The Morgan fingerprint density at radius 1 is 1.15 bits per heavy atom. The van der Waals surface area contributed by atoms with Crippen LogP contribution in [0.3, 0.4) is 0 Å². The smallest absolute Gasteiger partial charge is 0.223 e. The Hall–Kier alpha value is -1.26. The fourth-order valence-corrected chi connectivity index (χ4v) is 4.72. The highest BCUT2D eigenvalue weighted by Gasteiger charge is 2.40. The van der Waals surface area contributed by atoms with Gasteiger partial charge in [-0.25, -0.2) is 0 Å². The molecule has 2 fully saturated rings. The Morgan fingerprint density at radius 2 is 1.73 bits per heavy atom. The zero-order valence-electron chi connectivity index (χ0n) is 16.1. The van der Waals surface area contributed by atoms with E-state index in [4.69, 9.17) is 10.5 Å². The van der Waals surface area contributed by atoms with Gasteiger partial charge in [-0.15, -0.1) is 12.4 Å². The molecular formula is C21H33ClN2O2. The molecule has 5 heteroatoms. The normalized spacial score (nSPS) is 28.8. The summed E-state index contributed by atoms with van der Waals surface area (Å²) in [6.07, 6.45) is 5.56. The Kier molecular flexibility index (Phi) is 7.36. The number of hydrogen-bond donors (Lipinski definition) is 2. The summed E-state index contributed by atoms with van der Waals surface area (Å²) in [5.74, 6) is 2.56. The Balaban J connectivity index is 0.00000243. The molecule has 1 aromatic rings. The molecule has 0 spiro atoms. The minimum atomic E-state index is 0. The molecule has 2 aliphatic carbocycles. The van der Waals surface area contributed by atoms with Gasteiger partial charge in [0.1, 0.15) is 5.75 Å². The number of methoxy groups -OCH3 is 1.